The molecule has 18 nitrogen and oxygen atoms in total. The number of ether oxygens (including phenoxy) is 4. The van der Waals surface area contributed by atoms with E-state index in [1.54, 1.807) is 56.0 Å². The summed E-state index contributed by atoms with van der Waals surface area (Å²) in [4.78, 5) is 113. The molecule has 14 atom stereocenters. The molecule has 2 aliphatic carbocycles. The lowest BCUT2D eigenvalue weighted by Gasteiger charge is -2.41. The van der Waals surface area contributed by atoms with Gasteiger partial charge in [-0.15, -0.1) is 0 Å². The Morgan fingerprint density at radius 1 is 0.885 bits per heavy atom. The van der Waals surface area contributed by atoms with Crippen molar-refractivity contribution in [2.24, 2.45) is 35.5 Å². The van der Waals surface area contributed by atoms with Crippen molar-refractivity contribution in [3.63, 3.8) is 0 Å². The Hall–Kier alpha value is -4.69. The minimum Gasteiger partial charge on any atom is -0.442 e. The highest BCUT2D eigenvalue weighted by molar-refractivity contribution is 8.00. The van der Waals surface area contributed by atoms with E-state index in [-0.39, 0.29) is 109 Å². The van der Waals surface area contributed by atoms with Gasteiger partial charge in [-0.05, 0) is 87.5 Å². The molecule has 2 fully saturated rings. The monoisotopic (exact) mass is 1110 g/mol. The summed E-state index contributed by atoms with van der Waals surface area (Å²) in [6, 6.07) is 6.71. The van der Waals surface area contributed by atoms with Gasteiger partial charge in [0.2, 0.25) is 23.6 Å². The summed E-state index contributed by atoms with van der Waals surface area (Å²) in [6.45, 7) is 15.6. The smallest absolute Gasteiger partial charge is 0.410 e. The number of Topliss-reactive ketones (excluding diaryl/α,β-unsaturated/α-hetero) is 3. The summed E-state index contributed by atoms with van der Waals surface area (Å²) in [5.74, 6) is -4.24. The van der Waals surface area contributed by atoms with E-state index in [0.29, 0.717) is 57.1 Å². The highest BCUT2D eigenvalue weighted by Crippen LogP contribution is 2.33. The number of amides is 5. The summed E-state index contributed by atoms with van der Waals surface area (Å²) >= 11 is 1.38. The van der Waals surface area contributed by atoms with E-state index in [4.69, 9.17) is 18.9 Å². The third-order valence-corrected chi connectivity index (χ3v) is 17.4. The van der Waals surface area contributed by atoms with Crippen molar-refractivity contribution in [1.82, 2.24) is 25.3 Å². The van der Waals surface area contributed by atoms with Crippen molar-refractivity contribution >= 4 is 58.8 Å². The van der Waals surface area contributed by atoms with Gasteiger partial charge in [-0.2, -0.15) is 11.8 Å². The van der Waals surface area contributed by atoms with Crippen LogP contribution in [0.2, 0.25) is 0 Å². The average Bonchev–Trinajstić information content (AvgIpc) is 4.01. The van der Waals surface area contributed by atoms with Crippen molar-refractivity contribution in [3.8, 4) is 0 Å². The van der Waals surface area contributed by atoms with Crippen molar-refractivity contribution in [2.45, 2.75) is 186 Å². The minimum atomic E-state index is -0.914. The zero-order valence-corrected chi connectivity index (χ0v) is 49.6. The number of likely N-dealkylation sites (N-methyl/N-ethyl adjacent to an activating group) is 2. The molecule has 0 bridgehead atoms. The first-order valence-electron chi connectivity index (χ1n) is 28.3. The van der Waals surface area contributed by atoms with Crippen LogP contribution in [0.15, 0.2) is 42.5 Å². The molecule has 0 aromatic heterocycles. The van der Waals surface area contributed by atoms with E-state index in [1.165, 1.54) is 30.9 Å². The van der Waals surface area contributed by atoms with Gasteiger partial charge in [0.25, 0.3) is 0 Å². The number of hydrogen-bond donors (Lipinski definition) is 3. The van der Waals surface area contributed by atoms with Crippen LogP contribution in [0.5, 0.6) is 0 Å². The SMILES string of the molecule is CC[C@H](C)[C@@H]([C@@H](CC(=O)N1CCC[C@H]1[C@H](OC)[C@@H](C)C(=O)N[C@H](C)[C@@H](O)c1ccccc1)OC)N(C)C(=O)[C@@H](CC(=O)[C@H](C(C)C)N(C)C(=O)OC1/C=C/CC(OCC(=O)NCCC2C(=O)CC(SC)C2=O)CCC1)C(C)C. The lowest BCUT2D eigenvalue weighted by Crippen LogP contribution is -2.55. The number of likely N-dealkylation sites (tertiary alicyclic amines) is 1. The maximum absolute atomic E-state index is 14.8. The standard InChI is InChI=1S/C59H93N5O13S/c1-14-37(6)53(48(74-11)33-51(68)64-30-20-27-45(64)56(75-12)38(7)57(71)61-39(8)54(69)40-21-16-15-17-22-40)62(9)58(72)44(35(2)3)31-47(66)52(36(4)5)63(10)59(73)77-42-25-18-23-41(24-19-26-42)76-34-50(67)60-29-28-43-46(65)32-49(78-13)55(43)70/h15-18,21-22,25,35-39,41-45,48-49,52-54,56,69H,14,19-20,23-24,26-34H2,1-13H3,(H,60,67)(H,61,71)/b25-18+/t37-,38+,39+,41?,42?,43?,44-,45-,48+,49?,52-,53-,54+,56+/m0/s1. The average molecular weight is 1110 g/mol. The molecule has 5 amide bonds. The molecule has 1 aromatic rings. The number of hydrogen-bond acceptors (Lipinski definition) is 14. The van der Waals surface area contributed by atoms with Gasteiger partial charge in [-0.1, -0.05) is 91.3 Å². The molecule has 1 heterocycles. The molecular formula is C59H93N5O13S. The molecule has 1 aromatic carbocycles. The number of ketones is 3. The van der Waals surface area contributed by atoms with Gasteiger partial charge in [-0.25, -0.2) is 4.79 Å². The van der Waals surface area contributed by atoms with Gasteiger partial charge in [0.1, 0.15) is 18.5 Å². The van der Waals surface area contributed by atoms with Crippen LogP contribution in [0.3, 0.4) is 0 Å². The van der Waals surface area contributed by atoms with Crippen LogP contribution in [-0.2, 0) is 52.5 Å². The number of methoxy groups -OCH3 is 2. The molecule has 19 heteroatoms. The predicted octanol–water partition coefficient (Wildman–Crippen LogP) is 6.75. The van der Waals surface area contributed by atoms with Crippen LogP contribution in [0.4, 0.5) is 4.79 Å². The van der Waals surface area contributed by atoms with Gasteiger partial charge in [0.15, 0.2) is 11.6 Å². The molecule has 78 heavy (non-hydrogen) atoms. The first kappa shape index (κ1) is 65.8. The lowest BCUT2D eigenvalue weighted by atomic mass is 9.83. The highest BCUT2D eigenvalue weighted by Gasteiger charge is 2.44. The molecule has 3 aliphatic rings. The Morgan fingerprint density at radius 3 is 2.18 bits per heavy atom. The molecule has 4 unspecified atom stereocenters. The van der Waals surface area contributed by atoms with Gasteiger partial charge in [0, 0.05) is 60.2 Å². The van der Waals surface area contributed by atoms with E-state index in [9.17, 15) is 43.5 Å². The van der Waals surface area contributed by atoms with E-state index >= 15 is 0 Å². The predicted molar refractivity (Wildman–Crippen MR) is 300 cm³/mol. The third kappa shape index (κ3) is 17.9. The van der Waals surface area contributed by atoms with Gasteiger partial charge >= 0.3 is 6.09 Å². The molecule has 1 aliphatic heterocycles. The third-order valence-electron chi connectivity index (χ3n) is 16.4. The first-order valence-corrected chi connectivity index (χ1v) is 29.6. The van der Waals surface area contributed by atoms with E-state index < -0.39 is 72.4 Å². The van der Waals surface area contributed by atoms with Gasteiger partial charge in [-0.3, -0.25) is 33.6 Å². The van der Waals surface area contributed by atoms with E-state index in [1.807, 2.05) is 72.1 Å². The Balaban J connectivity index is 1.35. The summed E-state index contributed by atoms with van der Waals surface area (Å²) < 4.78 is 23.9. The van der Waals surface area contributed by atoms with E-state index in [2.05, 4.69) is 10.6 Å². The van der Waals surface area contributed by atoms with E-state index in [0.717, 1.165) is 0 Å². The number of carbonyl (C=O) groups excluding carboxylic acids is 8. The number of rotatable bonds is 29. The lowest BCUT2D eigenvalue weighted by molar-refractivity contribution is -0.149. The fourth-order valence-corrected chi connectivity index (χ4v) is 12.3. The number of nitrogens with one attached hydrogen (secondary N) is 2. The number of benzene rings is 1. The molecular weight excluding hydrogens is 1020 g/mol. The van der Waals surface area contributed by atoms with Crippen LogP contribution >= 0.6 is 11.8 Å². The second-order valence-electron chi connectivity index (χ2n) is 22.5. The molecule has 1 saturated carbocycles. The van der Waals surface area contributed by atoms with Crippen LogP contribution in [0, 0.1) is 35.5 Å². The summed E-state index contributed by atoms with van der Waals surface area (Å²) in [6.07, 6.45) is 6.38. The number of aliphatic hydroxyl groups excluding tert-OH is 1. The zero-order chi connectivity index (χ0) is 58.0. The Labute approximate surface area is 468 Å². The van der Waals surface area contributed by atoms with Crippen molar-refractivity contribution < 1.29 is 62.4 Å². The maximum atomic E-state index is 14.8. The van der Waals surface area contributed by atoms with Gasteiger partial charge < -0.3 is 49.4 Å². The molecule has 4 rings (SSSR count). The molecule has 3 N–H and O–H groups in total. The maximum Gasteiger partial charge on any atom is 0.410 e. The second kappa shape index (κ2) is 31.9. The molecule has 1 saturated heterocycles. The van der Waals surface area contributed by atoms with Crippen molar-refractivity contribution in [3.05, 3.63) is 48.0 Å². The Morgan fingerprint density at radius 2 is 1.58 bits per heavy atom. The van der Waals surface area contributed by atoms with Crippen LogP contribution in [-0.4, -0.2) is 175 Å². The number of carbonyl (C=O) groups is 8. The van der Waals surface area contributed by atoms with Crippen LogP contribution in [0.25, 0.3) is 0 Å². The van der Waals surface area contributed by atoms with Crippen LogP contribution in [0.1, 0.15) is 138 Å². The zero-order valence-electron chi connectivity index (χ0n) is 48.8. The highest BCUT2D eigenvalue weighted by atomic mass is 32.2. The minimum absolute atomic E-state index is 0.0374. The summed E-state index contributed by atoms with van der Waals surface area (Å²) in [5.41, 5.74) is 0.686. The largest absolute Gasteiger partial charge is 0.442 e. The topological polar surface area (TPSA) is 227 Å². The summed E-state index contributed by atoms with van der Waals surface area (Å²) in [5, 5.41) is 16.3. The van der Waals surface area contributed by atoms with Crippen molar-refractivity contribution in [2.75, 3.05) is 54.3 Å². The molecule has 0 spiro atoms. The molecule has 438 valence electrons. The number of thioether (sulfide) groups is 1. The fraction of sp³-hybridized carbons (Fsp3) is 0.729. The quantitative estimate of drug-likeness (QED) is 0.0557. The Kier molecular flexibility index (Phi) is 26.9. The first-order chi connectivity index (χ1) is 37.0. The summed E-state index contributed by atoms with van der Waals surface area (Å²) in [7, 11) is 6.32. The Bertz CT molecular complexity index is 2180. The van der Waals surface area contributed by atoms with Crippen molar-refractivity contribution in [1.29, 1.82) is 0 Å². The molecule has 0 radical (unpaired) electrons. The number of aliphatic hydroxyl groups is 1. The van der Waals surface area contributed by atoms with Gasteiger partial charge in [0.05, 0.1) is 72.1 Å². The number of nitrogens with zero attached hydrogens (tertiary/aromatic N) is 3. The second-order valence-corrected chi connectivity index (χ2v) is 23.5. The van der Waals surface area contributed by atoms with Crippen LogP contribution < -0.4 is 10.6 Å². The fourth-order valence-electron chi connectivity index (χ4n) is 11.6. The normalized spacial score (nSPS) is 23.7.